The van der Waals surface area contributed by atoms with Gasteiger partial charge in [0.2, 0.25) is 0 Å². The van der Waals surface area contributed by atoms with Crippen LogP contribution in [0.25, 0.3) is 88.9 Å². The quantitative estimate of drug-likeness (QED) is 0.123. The number of hydrogen-bond acceptors (Lipinski definition) is 1. The molecule has 76 heavy (non-hydrogen) atoms. The number of anilines is 3. The summed E-state index contributed by atoms with van der Waals surface area (Å²) in [7, 11) is 2.94. The van der Waals surface area contributed by atoms with Gasteiger partial charge < -0.3 is 9.47 Å². The molecule has 0 saturated carbocycles. The molecule has 3 heteroatoms. The van der Waals surface area contributed by atoms with Gasteiger partial charge in [-0.3, -0.25) is 0 Å². The minimum Gasteiger partial charge on any atom is -0.310 e. The first kappa shape index (κ1) is 48.9. The van der Waals surface area contributed by atoms with Gasteiger partial charge in [-0.1, -0.05) is 218 Å². The molecule has 0 bridgehead atoms. The molecule has 0 N–H and O–H groups in total. The van der Waals surface area contributed by atoms with Crippen molar-refractivity contribution >= 4 is 92.6 Å². The number of hydrogen-bond donors (Lipinski definition) is 0. The lowest BCUT2D eigenvalue weighted by Crippen LogP contribution is -2.37. The molecule has 2 nitrogen and oxygen atoms in total. The van der Waals surface area contributed by atoms with E-state index in [4.69, 9.17) is 0 Å². The van der Waals surface area contributed by atoms with E-state index in [1.165, 1.54) is 120 Å². The van der Waals surface area contributed by atoms with E-state index in [1.54, 1.807) is 0 Å². The van der Waals surface area contributed by atoms with Crippen molar-refractivity contribution in [3.05, 3.63) is 251 Å². The summed E-state index contributed by atoms with van der Waals surface area (Å²) >= 11 is 0. The lowest BCUT2D eigenvalue weighted by atomic mass is 9.64. The van der Waals surface area contributed by atoms with Crippen LogP contribution >= 0.6 is 9.24 Å². The molecule has 0 amide bonds. The maximum absolute atomic E-state index is 2.94. The van der Waals surface area contributed by atoms with Gasteiger partial charge in [-0.2, -0.15) is 0 Å². The summed E-state index contributed by atoms with van der Waals surface area (Å²) in [6.45, 7) is 12.0. The Hall–Kier alpha value is -8.03. The molecular weight excluding hydrogens is 936 g/mol. The van der Waals surface area contributed by atoms with E-state index in [2.05, 4.69) is 243 Å². The molecule has 11 aromatic rings. The molecule has 2 heterocycles. The highest BCUT2D eigenvalue weighted by molar-refractivity contribution is 7.28. The van der Waals surface area contributed by atoms with Crippen molar-refractivity contribution in [1.29, 1.82) is 0 Å². The monoisotopic (exact) mass is 1000 g/mol. The van der Waals surface area contributed by atoms with Gasteiger partial charge in [0.25, 0.3) is 0 Å². The largest absolute Gasteiger partial charge is 0.310 e. The summed E-state index contributed by atoms with van der Waals surface area (Å²) in [6.07, 6.45) is 14.0. The summed E-state index contributed by atoms with van der Waals surface area (Å²) in [6, 6.07) is 75.5. The molecule has 0 saturated heterocycles. The second-order valence-electron chi connectivity index (χ2n) is 19.5. The fourth-order valence-electron chi connectivity index (χ4n) is 13.1. The Bertz CT molecular complexity index is 4210. The molecule has 10 aromatic carbocycles. The van der Waals surface area contributed by atoms with E-state index in [-0.39, 0.29) is 0 Å². The summed E-state index contributed by atoms with van der Waals surface area (Å²) in [4.78, 5) is 2.51. The van der Waals surface area contributed by atoms with E-state index in [0.717, 1.165) is 42.7 Å². The van der Waals surface area contributed by atoms with Gasteiger partial charge in [0.15, 0.2) is 0 Å². The second kappa shape index (κ2) is 20.3. The van der Waals surface area contributed by atoms with Crippen molar-refractivity contribution in [2.75, 3.05) is 4.90 Å². The predicted octanol–water partition coefficient (Wildman–Crippen LogP) is 18.6. The minimum atomic E-state index is -0.501. The third kappa shape index (κ3) is 7.40. The van der Waals surface area contributed by atoms with Gasteiger partial charge >= 0.3 is 0 Å². The molecule has 1 spiro atoms. The van der Waals surface area contributed by atoms with Crippen molar-refractivity contribution in [3.63, 3.8) is 0 Å². The molecule has 2 unspecified atom stereocenters. The molecule has 3 aliphatic carbocycles. The molecule has 372 valence electrons. The van der Waals surface area contributed by atoms with Crippen LogP contribution in [0, 0.1) is 0 Å². The van der Waals surface area contributed by atoms with Gasteiger partial charge in [-0.25, -0.2) is 0 Å². The lowest BCUT2D eigenvalue weighted by molar-refractivity contribution is 0.731. The highest BCUT2D eigenvalue weighted by Crippen LogP contribution is 2.61. The summed E-state index contributed by atoms with van der Waals surface area (Å²) in [5.41, 5.74) is 18.7. The summed E-state index contributed by atoms with van der Waals surface area (Å²) < 4.78 is 2.59. The Kier molecular flexibility index (Phi) is 13.0. The Morgan fingerprint density at radius 2 is 1.03 bits per heavy atom. The number of nitrogens with zero attached hydrogens (tertiary/aromatic N) is 2. The average Bonchev–Trinajstić information content (AvgIpc) is 4.21. The van der Waals surface area contributed by atoms with Crippen molar-refractivity contribution < 1.29 is 0 Å². The van der Waals surface area contributed by atoms with Crippen LogP contribution in [-0.2, 0) is 5.41 Å². The molecule has 1 aliphatic heterocycles. The maximum atomic E-state index is 2.94. The van der Waals surface area contributed by atoms with E-state index in [9.17, 15) is 0 Å². The van der Waals surface area contributed by atoms with Crippen LogP contribution in [0.2, 0.25) is 0 Å². The Morgan fingerprint density at radius 3 is 1.78 bits per heavy atom. The highest BCUT2D eigenvalue weighted by Gasteiger charge is 2.51. The van der Waals surface area contributed by atoms with Crippen molar-refractivity contribution in [3.8, 4) is 27.9 Å². The first-order valence-electron chi connectivity index (χ1n) is 27.8. The second-order valence-corrected chi connectivity index (χ2v) is 20.1. The fraction of sp³-hybridized carbons (Fsp3) is 0.151. The number of benzene rings is 10. The lowest BCUT2D eigenvalue weighted by Gasteiger charge is -2.41. The van der Waals surface area contributed by atoms with E-state index in [1.807, 2.05) is 41.5 Å². The number of para-hydroxylation sites is 2. The van der Waals surface area contributed by atoms with Crippen LogP contribution in [0.1, 0.15) is 89.5 Å². The average molecular weight is 1000 g/mol. The minimum absolute atomic E-state index is 0.501. The Labute approximate surface area is 450 Å². The molecule has 2 atom stereocenters. The van der Waals surface area contributed by atoms with Crippen molar-refractivity contribution in [2.24, 2.45) is 0 Å². The maximum Gasteiger partial charge on any atom is 0.0751 e. The normalized spacial score (nSPS) is 15.2. The van der Waals surface area contributed by atoms with Gasteiger partial charge in [0, 0.05) is 33.0 Å². The summed E-state index contributed by atoms with van der Waals surface area (Å²) in [5.74, 6) is 0. The first-order valence-corrected chi connectivity index (χ1v) is 28.4. The molecular formula is C73H65N2P. The van der Waals surface area contributed by atoms with Crippen molar-refractivity contribution in [2.45, 2.75) is 72.6 Å². The first-order chi connectivity index (χ1) is 37.6. The van der Waals surface area contributed by atoms with E-state index < -0.39 is 5.41 Å². The SMILES string of the molecule is CC.CC.CC.Pc1ccc(-c2ccc(N(c3ccc4c(c3)C3(C5=C4CCC=C5)c4ccccc4-n4c5c(c6cccc3c64)=CCCC=5)c3ccc4c5ccccc5c5ccccc5c4c3)cc2)cc1-c1ccccc1. The number of aromatic nitrogens is 1. The van der Waals surface area contributed by atoms with Gasteiger partial charge in [-0.05, 0) is 167 Å². The van der Waals surface area contributed by atoms with Gasteiger partial charge in [-0.15, -0.1) is 9.24 Å². The zero-order valence-electron chi connectivity index (χ0n) is 44.7. The van der Waals surface area contributed by atoms with Crippen molar-refractivity contribution in [1.82, 2.24) is 4.57 Å². The molecule has 4 aliphatic rings. The molecule has 1 aromatic heterocycles. The predicted molar refractivity (Wildman–Crippen MR) is 334 cm³/mol. The van der Waals surface area contributed by atoms with Crippen LogP contribution < -0.4 is 20.8 Å². The summed E-state index contributed by atoms with van der Waals surface area (Å²) in [5, 5.41) is 12.9. The Morgan fingerprint density at radius 1 is 0.434 bits per heavy atom. The standard InChI is InChI=1S/C67H47N2P.3C2H6/c70-65-38-31-44(39-57(65)43-15-2-1-3-16-43)42-29-32-45(33-30-42)68(46-34-36-52-50-19-5-4-17-48(50)49-18-6-7-20-51(49)58(52)40-46)47-35-37-54-53-21-8-10-24-59(53)67(62(54)41-47)60-25-11-13-28-64(60)69-63-27-12-9-22-55(63)56-23-14-26-61(67)66(56)69;3*1-2/h1-7,10-11,13-20,22-41H,8-9,12,21,70H2;3*1-2H3. The number of allylic oxidation sites excluding steroid dienone is 4. The van der Waals surface area contributed by atoms with E-state index in [0.29, 0.717) is 0 Å². The van der Waals surface area contributed by atoms with Gasteiger partial charge in [0.05, 0.1) is 16.6 Å². The Balaban J connectivity index is 0.000000940. The number of rotatable bonds is 5. The third-order valence-electron chi connectivity index (χ3n) is 16.0. The fourth-order valence-corrected chi connectivity index (χ4v) is 13.4. The zero-order chi connectivity index (χ0) is 52.1. The van der Waals surface area contributed by atoms with Crippen LogP contribution in [-0.4, -0.2) is 4.57 Å². The molecule has 0 fully saturated rings. The van der Waals surface area contributed by atoms with Crippen LogP contribution in [0.15, 0.2) is 218 Å². The highest BCUT2D eigenvalue weighted by atomic mass is 31.0. The van der Waals surface area contributed by atoms with Gasteiger partial charge in [0.1, 0.15) is 0 Å². The van der Waals surface area contributed by atoms with E-state index >= 15 is 0 Å². The third-order valence-corrected chi connectivity index (χ3v) is 16.5. The van der Waals surface area contributed by atoms with Crippen LogP contribution in [0.4, 0.5) is 17.1 Å². The van der Waals surface area contributed by atoms with Crippen LogP contribution in [0.3, 0.4) is 0 Å². The smallest absolute Gasteiger partial charge is 0.0751 e. The molecule has 15 rings (SSSR count). The molecule has 0 radical (unpaired) electrons. The topological polar surface area (TPSA) is 8.17 Å². The zero-order valence-corrected chi connectivity index (χ0v) is 45.8. The number of fused-ring (bicyclic) bond motifs is 17. The van der Waals surface area contributed by atoms with Crippen LogP contribution in [0.5, 0.6) is 0 Å².